The minimum Gasteiger partial charge on any atom is -0.353 e. The molecule has 4 nitrogen and oxygen atoms in total. The fourth-order valence-corrected chi connectivity index (χ4v) is 4.24. The van der Waals surface area contributed by atoms with Gasteiger partial charge in [0, 0.05) is 18.2 Å². The minimum atomic E-state index is -3.15. The highest BCUT2D eigenvalue weighted by molar-refractivity contribution is 7.90. The molecule has 0 aliphatic heterocycles. The Balaban J connectivity index is 1.82. The second kappa shape index (κ2) is 7.43. The van der Waals surface area contributed by atoms with E-state index in [4.69, 9.17) is 0 Å². The average molecular weight is 341 g/mol. The van der Waals surface area contributed by atoms with Gasteiger partial charge in [0.25, 0.3) is 0 Å². The van der Waals surface area contributed by atoms with Crippen LogP contribution in [0, 0.1) is 11.7 Å². The van der Waals surface area contributed by atoms with Crippen molar-refractivity contribution in [1.82, 2.24) is 5.32 Å². The average Bonchev–Trinajstić information content (AvgIpc) is 2.47. The van der Waals surface area contributed by atoms with Crippen LogP contribution in [-0.2, 0) is 14.6 Å². The van der Waals surface area contributed by atoms with Gasteiger partial charge in [-0.25, -0.2) is 12.8 Å². The lowest BCUT2D eigenvalue weighted by Gasteiger charge is -2.30. The summed E-state index contributed by atoms with van der Waals surface area (Å²) in [6.45, 7) is 1.64. The van der Waals surface area contributed by atoms with Crippen LogP contribution in [0.2, 0.25) is 0 Å². The van der Waals surface area contributed by atoms with Gasteiger partial charge in [0.15, 0.2) is 0 Å². The van der Waals surface area contributed by atoms with Crippen LogP contribution in [0.3, 0.4) is 0 Å². The maximum atomic E-state index is 13.0. The van der Waals surface area contributed by atoms with Gasteiger partial charge in [0.2, 0.25) is 5.91 Å². The molecule has 0 bridgehead atoms. The van der Waals surface area contributed by atoms with Crippen LogP contribution in [0.5, 0.6) is 0 Å². The third kappa shape index (κ3) is 5.61. The number of rotatable bonds is 5. The molecule has 1 fully saturated rings. The van der Waals surface area contributed by atoms with Gasteiger partial charge in [-0.05, 0) is 49.3 Å². The highest BCUT2D eigenvalue weighted by Gasteiger charge is 2.26. The minimum absolute atomic E-state index is 0.0983. The van der Waals surface area contributed by atoms with Crippen LogP contribution in [0.1, 0.15) is 44.1 Å². The lowest BCUT2D eigenvalue weighted by atomic mass is 9.81. The highest BCUT2D eigenvalue weighted by Crippen LogP contribution is 2.33. The molecule has 1 saturated carbocycles. The lowest BCUT2D eigenvalue weighted by Crippen LogP contribution is -2.41. The molecule has 1 aromatic rings. The molecule has 1 atom stereocenters. The molecule has 0 spiro atoms. The van der Waals surface area contributed by atoms with Crippen molar-refractivity contribution in [3.05, 3.63) is 35.6 Å². The molecule has 0 aromatic heterocycles. The molecule has 0 saturated heterocycles. The second-order valence-electron chi connectivity index (χ2n) is 6.60. The summed E-state index contributed by atoms with van der Waals surface area (Å²) < 4.78 is 35.5. The largest absolute Gasteiger partial charge is 0.353 e. The molecule has 1 aliphatic rings. The van der Waals surface area contributed by atoms with Gasteiger partial charge >= 0.3 is 0 Å². The number of amides is 1. The van der Waals surface area contributed by atoms with E-state index in [1.54, 1.807) is 6.92 Å². The van der Waals surface area contributed by atoms with Crippen LogP contribution in [0.4, 0.5) is 4.39 Å². The molecule has 0 radical (unpaired) electrons. The van der Waals surface area contributed by atoms with E-state index in [0.717, 1.165) is 37.5 Å². The van der Waals surface area contributed by atoms with Crippen LogP contribution >= 0.6 is 0 Å². The first-order valence-electron chi connectivity index (χ1n) is 7.98. The SMILES string of the molecule is CC(CS(C)(=O)=O)C(=O)NC1CCC(c2ccc(F)cc2)CC1. The topological polar surface area (TPSA) is 63.2 Å². The van der Waals surface area contributed by atoms with Crippen LogP contribution in [0.25, 0.3) is 0 Å². The molecule has 1 aromatic carbocycles. The third-order valence-electron chi connectivity index (χ3n) is 4.42. The van der Waals surface area contributed by atoms with Gasteiger partial charge in [-0.15, -0.1) is 0 Å². The van der Waals surface area contributed by atoms with Crippen molar-refractivity contribution >= 4 is 15.7 Å². The summed E-state index contributed by atoms with van der Waals surface area (Å²) in [6, 6.07) is 6.72. The van der Waals surface area contributed by atoms with Crippen LogP contribution in [-0.4, -0.2) is 32.4 Å². The fourth-order valence-electron chi connectivity index (χ4n) is 3.18. The number of halogens is 1. The molecule has 1 N–H and O–H groups in total. The highest BCUT2D eigenvalue weighted by atomic mass is 32.2. The molecule has 23 heavy (non-hydrogen) atoms. The quantitative estimate of drug-likeness (QED) is 0.895. The first kappa shape index (κ1) is 17.9. The number of hydrogen-bond acceptors (Lipinski definition) is 3. The molecule has 1 unspecified atom stereocenters. The molecule has 1 aliphatic carbocycles. The number of benzene rings is 1. The number of carbonyl (C=O) groups excluding carboxylic acids is 1. The maximum Gasteiger partial charge on any atom is 0.224 e. The monoisotopic (exact) mass is 341 g/mol. The summed E-state index contributed by atoms with van der Waals surface area (Å²) in [6.07, 6.45) is 4.75. The zero-order valence-electron chi connectivity index (χ0n) is 13.6. The van der Waals surface area contributed by atoms with Gasteiger partial charge in [-0.1, -0.05) is 19.1 Å². The number of nitrogens with one attached hydrogen (secondary N) is 1. The molecule has 2 rings (SSSR count). The van der Waals surface area contributed by atoms with Gasteiger partial charge in [0.05, 0.1) is 5.75 Å². The van der Waals surface area contributed by atoms with E-state index in [9.17, 15) is 17.6 Å². The first-order valence-corrected chi connectivity index (χ1v) is 10.0. The number of hydrogen-bond donors (Lipinski definition) is 1. The Kier molecular flexibility index (Phi) is 5.79. The van der Waals surface area contributed by atoms with E-state index in [2.05, 4.69) is 5.32 Å². The number of carbonyl (C=O) groups is 1. The van der Waals surface area contributed by atoms with Gasteiger partial charge in [-0.2, -0.15) is 0 Å². The Morgan fingerprint density at radius 2 is 1.78 bits per heavy atom. The normalized spacial score (nSPS) is 23.3. The molecule has 0 heterocycles. The molecule has 6 heteroatoms. The lowest BCUT2D eigenvalue weighted by molar-refractivity contribution is -0.124. The van der Waals surface area contributed by atoms with E-state index in [1.807, 2.05) is 12.1 Å². The second-order valence-corrected chi connectivity index (χ2v) is 8.79. The van der Waals surface area contributed by atoms with Crippen molar-refractivity contribution in [1.29, 1.82) is 0 Å². The van der Waals surface area contributed by atoms with Gasteiger partial charge in [-0.3, -0.25) is 4.79 Å². The molecular formula is C17H24FNO3S. The van der Waals surface area contributed by atoms with Gasteiger partial charge in [0.1, 0.15) is 15.7 Å². The van der Waals surface area contributed by atoms with Crippen LogP contribution in [0.15, 0.2) is 24.3 Å². The van der Waals surface area contributed by atoms with Crippen molar-refractivity contribution < 1.29 is 17.6 Å². The Hall–Kier alpha value is -1.43. The summed E-state index contributed by atoms with van der Waals surface area (Å²) in [5, 5.41) is 2.96. The molecule has 128 valence electrons. The summed E-state index contributed by atoms with van der Waals surface area (Å²) in [5.74, 6) is -0.670. The molecular weight excluding hydrogens is 317 g/mol. The molecule has 1 amide bonds. The van der Waals surface area contributed by atoms with Crippen molar-refractivity contribution in [2.45, 2.75) is 44.6 Å². The van der Waals surface area contributed by atoms with E-state index < -0.39 is 15.8 Å². The smallest absolute Gasteiger partial charge is 0.224 e. The first-order chi connectivity index (χ1) is 10.7. The Bertz CT molecular complexity index is 634. The Morgan fingerprint density at radius 3 is 2.30 bits per heavy atom. The summed E-state index contributed by atoms with van der Waals surface area (Å²) in [4.78, 5) is 12.1. The van der Waals surface area contributed by atoms with E-state index in [0.29, 0.717) is 5.92 Å². The van der Waals surface area contributed by atoms with Crippen molar-refractivity contribution in [2.24, 2.45) is 5.92 Å². The summed E-state index contributed by atoms with van der Waals surface area (Å²) in [7, 11) is -3.15. The Morgan fingerprint density at radius 1 is 1.22 bits per heavy atom. The van der Waals surface area contributed by atoms with E-state index >= 15 is 0 Å². The van der Waals surface area contributed by atoms with E-state index in [1.165, 1.54) is 12.1 Å². The van der Waals surface area contributed by atoms with Gasteiger partial charge < -0.3 is 5.32 Å². The predicted molar refractivity (Wildman–Crippen MR) is 88.4 cm³/mol. The number of sulfone groups is 1. The van der Waals surface area contributed by atoms with E-state index in [-0.39, 0.29) is 23.5 Å². The standard InChI is InChI=1S/C17H24FNO3S/c1-12(11-23(2,21)22)17(20)19-16-9-5-14(6-10-16)13-3-7-15(18)8-4-13/h3-4,7-8,12,14,16H,5-6,9-11H2,1-2H3,(H,19,20). The van der Waals surface area contributed by atoms with Crippen molar-refractivity contribution in [3.63, 3.8) is 0 Å². The van der Waals surface area contributed by atoms with Crippen molar-refractivity contribution in [3.8, 4) is 0 Å². The summed E-state index contributed by atoms with van der Waals surface area (Å²) >= 11 is 0. The third-order valence-corrected chi connectivity index (χ3v) is 5.52. The fraction of sp³-hybridized carbons (Fsp3) is 0.588. The predicted octanol–water partition coefficient (Wildman–Crippen LogP) is 2.65. The zero-order chi connectivity index (χ0) is 17.0. The van der Waals surface area contributed by atoms with Crippen LogP contribution < -0.4 is 5.32 Å². The van der Waals surface area contributed by atoms with Crippen molar-refractivity contribution in [2.75, 3.05) is 12.0 Å². The summed E-state index contributed by atoms with van der Waals surface area (Å²) in [5.41, 5.74) is 1.14. The Labute approximate surface area is 137 Å². The zero-order valence-corrected chi connectivity index (χ0v) is 14.4. The maximum absolute atomic E-state index is 13.0.